The van der Waals surface area contributed by atoms with Crippen LogP contribution in [0, 0.1) is 0 Å². The third kappa shape index (κ3) is 3.92. The van der Waals surface area contributed by atoms with E-state index in [0.717, 1.165) is 0 Å². The van der Waals surface area contributed by atoms with E-state index in [1.165, 1.54) is 50.6 Å². The topological polar surface area (TPSA) is 130 Å². The molecule has 3 aromatic carbocycles. The Morgan fingerprint density at radius 1 is 0.941 bits per heavy atom. The van der Waals surface area contributed by atoms with Crippen molar-refractivity contribution in [2.75, 3.05) is 14.2 Å². The number of amides is 1. The zero-order valence-corrected chi connectivity index (χ0v) is 20.1. The molecule has 1 aliphatic rings. The van der Waals surface area contributed by atoms with Gasteiger partial charge in [0, 0.05) is 6.07 Å². The van der Waals surface area contributed by atoms with E-state index in [-0.39, 0.29) is 21.8 Å². The van der Waals surface area contributed by atoms with E-state index in [0.29, 0.717) is 22.6 Å². The minimum atomic E-state index is -4.33. The lowest BCUT2D eigenvalue weighted by Crippen LogP contribution is -2.39. The summed E-state index contributed by atoms with van der Waals surface area (Å²) in [5, 5.41) is -3.61. The third-order valence-electron chi connectivity index (χ3n) is 5.85. The van der Waals surface area contributed by atoms with Crippen molar-refractivity contribution in [2.24, 2.45) is 5.73 Å². The molecule has 2 atom stereocenters. The Bertz CT molecular complexity index is 1440. The quantitative estimate of drug-likeness (QED) is 0.526. The van der Waals surface area contributed by atoms with Crippen LogP contribution in [0.5, 0.6) is 11.5 Å². The Morgan fingerprint density at radius 2 is 1.56 bits per heavy atom. The number of methoxy groups -OCH3 is 2. The zero-order chi connectivity index (χ0) is 24.7. The maximum absolute atomic E-state index is 13.7. The van der Waals surface area contributed by atoms with Crippen molar-refractivity contribution in [3.8, 4) is 11.5 Å². The average Bonchev–Trinajstić information content (AvgIpc) is 3.08. The van der Waals surface area contributed by atoms with Crippen LogP contribution in [-0.4, -0.2) is 42.2 Å². The Labute approximate surface area is 198 Å². The normalized spacial score (nSPS) is 18.8. The molecular weight excluding hydrogens is 478 g/mol. The molecule has 1 aliphatic heterocycles. The van der Waals surface area contributed by atoms with E-state index < -0.39 is 36.1 Å². The number of nitrogens with two attached hydrogens (primary N) is 1. The Morgan fingerprint density at radius 3 is 2.12 bits per heavy atom. The van der Waals surface area contributed by atoms with E-state index in [1.807, 2.05) is 0 Å². The van der Waals surface area contributed by atoms with Crippen LogP contribution in [-0.2, 0) is 30.9 Å². The molecule has 34 heavy (non-hydrogen) atoms. The molecule has 2 unspecified atom stereocenters. The Hall–Kier alpha value is -3.37. The first-order valence-electron chi connectivity index (χ1n) is 10.3. The minimum Gasteiger partial charge on any atom is -0.497 e. The Balaban J connectivity index is 1.95. The number of rotatable bonds is 7. The standard InChI is InChI=1S/C24H23NO7S2/c1-31-17-12-15(13-18(14-17)32-2)11-16-7-6-10-20-21(16)22(23(24(25)26)34(20,29)30)33(27,28)19-8-4-3-5-9-19/h3-10,12-14,22-23H,11H2,1-2H3,(H2,25,26). The highest BCUT2D eigenvalue weighted by atomic mass is 32.2. The molecule has 1 heterocycles. The van der Waals surface area contributed by atoms with E-state index in [9.17, 15) is 21.6 Å². The monoisotopic (exact) mass is 501 g/mol. The van der Waals surface area contributed by atoms with Crippen molar-refractivity contribution in [2.45, 2.75) is 26.7 Å². The van der Waals surface area contributed by atoms with Crippen LogP contribution in [0.15, 0.2) is 76.5 Å². The van der Waals surface area contributed by atoms with Crippen LogP contribution in [0.4, 0.5) is 0 Å². The predicted octanol–water partition coefficient (Wildman–Crippen LogP) is 2.45. The van der Waals surface area contributed by atoms with Crippen LogP contribution < -0.4 is 15.2 Å². The molecule has 0 saturated heterocycles. The first kappa shape index (κ1) is 23.8. The summed E-state index contributed by atoms with van der Waals surface area (Å²) < 4.78 is 64.6. The van der Waals surface area contributed by atoms with Crippen LogP contribution in [0.2, 0.25) is 0 Å². The summed E-state index contributed by atoms with van der Waals surface area (Å²) in [7, 11) is -5.61. The highest BCUT2D eigenvalue weighted by molar-refractivity contribution is 7.97. The zero-order valence-electron chi connectivity index (χ0n) is 18.5. The molecule has 4 rings (SSSR count). The molecular formula is C24H23NO7S2. The third-order valence-corrected chi connectivity index (χ3v) is 10.3. The van der Waals surface area contributed by atoms with Crippen molar-refractivity contribution in [3.05, 3.63) is 83.4 Å². The van der Waals surface area contributed by atoms with E-state index in [2.05, 4.69) is 0 Å². The van der Waals surface area contributed by atoms with Gasteiger partial charge in [-0.1, -0.05) is 30.3 Å². The van der Waals surface area contributed by atoms with Crippen LogP contribution >= 0.6 is 0 Å². The maximum Gasteiger partial charge on any atom is 0.237 e. The predicted molar refractivity (Wildman–Crippen MR) is 125 cm³/mol. The minimum absolute atomic E-state index is 0.0666. The summed E-state index contributed by atoms with van der Waals surface area (Å²) in [6, 6.07) is 17.1. The van der Waals surface area contributed by atoms with Gasteiger partial charge in [-0.05, 0) is 53.4 Å². The molecule has 178 valence electrons. The van der Waals surface area contributed by atoms with Crippen molar-refractivity contribution in [1.29, 1.82) is 0 Å². The molecule has 0 aliphatic carbocycles. The van der Waals surface area contributed by atoms with Gasteiger partial charge in [0.2, 0.25) is 5.91 Å². The number of benzene rings is 3. The molecule has 10 heteroatoms. The van der Waals surface area contributed by atoms with E-state index in [1.54, 1.807) is 30.3 Å². The summed E-state index contributed by atoms with van der Waals surface area (Å²) in [6.45, 7) is 0. The molecule has 0 saturated carbocycles. The average molecular weight is 502 g/mol. The van der Waals surface area contributed by atoms with Crippen molar-refractivity contribution >= 4 is 25.6 Å². The fraction of sp³-hybridized carbons (Fsp3) is 0.208. The number of hydrogen-bond donors (Lipinski definition) is 1. The summed E-state index contributed by atoms with van der Waals surface area (Å²) >= 11 is 0. The lowest BCUT2D eigenvalue weighted by Gasteiger charge is -2.19. The SMILES string of the molecule is COc1cc(Cc2cccc3c2C(S(=O)(=O)c2ccccc2)C(C(N)=O)S3(=O)=O)cc(OC)c1. The highest BCUT2D eigenvalue weighted by Gasteiger charge is 2.55. The molecule has 0 radical (unpaired) electrons. The second-order valence-corrected chi connectivity index (χ2v) is 12.0. The maximum atomic E-state index is 13.7. The van der Waals surface area contributed by atoms with Gasteiger partial charge in [0.05, 0.1) is 24.0 Å². The van der Waals surface area contributed by atoms with E-state index >= 15 is 0 Å². The van der Waals surface area contributed by atoms with Gasteiger partial charge in [0.25, 0.3) is 0 Å². The van der Waals surface area contributed by atoms with E-state index in [4.69, 9.17) is 15.2 Å². The van der Waals surface area contributed by atoms with Gasteiger partial charge in [-0.15, -0.1) is 0 Å². The number of ether oxygens (including phenoxy) is 2. The van der Waals surface area contributed by atoms with Gasteiger partial charge < -0.3 is 15.2 Å². The van der Waals surface area contributed by atoms with Gasteiger partial charge in [-0.3, -0.25) is 4.79 Å². The van der Waals surface area contributed by atoms with Crippen LogP contribution in [0.1, 0.15) is 21.9 Å². The van der Waals surface area contributed by atoms with Gasteiger partial charge in [0.15, 0.2) is 24.9 Å². The molecule has 0 aromatic heterocycles. The van der Waals surface area contributed by atoms with Gasteiger partial charge >= 0.3 is 0 Å². The first-order valence-corrected chi connectivity index (χ1v) is 13.4. The van der Waals surface area contributed by atoms with Gasteiger partial charge in [0.1, 0.15) is 16.7 Å². The molecule has 0 spiro atoms. The molecule has 3 aromatic rings. The summed E-state index contributed by atoms with van der Waals surface area (Å²) in [4.78, 5) is 12.1. The summed E-state index contributed by atoms with van der Waals surface area (Å²) in [5.74, 6) is -0.161. The lowest BCUT2D eigenvalue weighted by atomic mass is 9.96. The lowest BCUT2D eigenvalue weighted by molar-refractivity contribution is -0.117. The number of sulfone groups is 2. The highest BCUT2D eigenvalue weighted by Crippen LogP contribution is 2.48. The molecule has 1 amide bonds. The Kier molecular flexibility index (Phi) is 6.13. The second-order valence-electron chi connectivity index (χ2n) is 7.87. The smallest absolute Gasteiger partial charge is 0.237 e. The summed E-state index contributed by atoms with van der Waals surface area (Å²) in [5.41, 5.74) is 6.70. The largest absolute Gasteiger partial charge is 0.497 e. The number of carbonyl (C=O) groups is 1. The number of carbonyl (C=O) groups excluding carboxylic acids is 1. The fourth-order valence-electron chi connectivity index (χ4n) is 4.33. The number of primary amides is 1. The molecule has 0 fully saturated rings. The number of hydrogen-bond acceptors (Lipinski definition) is 7. The van der Waals surface area contributed by atoms with Crippen LogP contribution in [0.3, 0.4) is 0 Å². The first-order chi connectivity index (χ1) is 16.1. The summed E-state index contributed by atoms with van der Waals surface area (Å²) in [6.07, 6.45) is 0.179. The number of fused-ring (bicyclic) bond motifs is 1. The molecule has 0 bridgehead atoms. The molecule has 2 N–H and O–H groups in total. The fourth-order valence-corrected chi connectivity index (χ4v) is 9.03. The van der Waals surface area contributed by atoms with Gasteiger partial charge in [-0.25, -0.2) is 16.8 Å². The van der Waals surface area contributed by atoms with Crippen molar-refractivity contribution < 1.29 is 31.1 Å². The van der Waals surface area contributed by atoms with Crippen molar-refractivity contribution in [1.82, 2.24) is 0 Å². The second kappa shape index (κ2) is 8.77. The van der Waals surface area contributed by atoms with Crippen LogP contribution in [0.25, 0.3) is 0 Å². The van der Waals surface area contributed by atoms with Crippen molar-refractivity contribution in [3.63, 3.8) is 0 Å². The van der Waals surface area contributed by atoms with Gasteiger partial charge in [-0.2, -0.15) is 0 Å². The molecule has 8 nitrogen and oxygen atoms in total.